The van der Waals surface area contributed by atoms with Gasteiger partial charge in [0, 0.05) is 24.4 Å². The molecule has 0 atom stereocenters. The van der Waals surface area contributed by atoms with E-state index in [1.807, 2.05) is 31.3 Å². The highest BCUT2D eigenvalue weighted by atomic mass is 16.7. The molecular formula is C16H19N3O2. The SMILES string of the molecule is CNc1cc(CC(C)C)nc(-c2ccc3c(c2)OCO3)n1. The molecule has 1 aliphatic rings. The number of rotatable bonds is 4. The van der Waals surface area contributed by atoms with Gasteiger partial charge in [-0.15, -0.1) is 0 Å². The van der Waals surface area contributed by atoms with Crippen LogP contribution in [0.2, 0.25) is 0 Å². The number of nitrogens with zero attached hydrogens (tertiary/aromatic N) is 2. The minimum atomic E-state index is 0.273. The Morgan fingerprint density at radius 2 is 1.95 bits per heavy atom. The van der Waals surface area contributed by atoms with Gasteiger partial charge in [0.25, 0.3) is 0 Å². The van der Waals surface area contributed by atoms with Crippen molar-refractivity contribution in [3.63, 3.8) is 0 Å². The molecule has 2 heterocycles. The summed E-state index contributed by atoms with van der Waals surface area (Å²) in [7, 11) is 1.87. The lowest BCUT2D eigenvalue weighted by molar-refractivity contribution is 0.174. The van der Waals surface area contributed by atoms with E-state index in [-0.39, 0.29) is 6.79 Å². The van der Waals surface area contributed by atoms with Crippen molar-refractivity contribution < 1.29 is 9.47 Å². The van der Waals surface area contributed by atoms with E-state index in [0.29, 0.717) is 11.7 Å². The first-order valence-electron chi connectivity index (χ1n) is 7.11. The molecule has 0 amide bonds. The van der Waals surface area contributed by atoms with Crippen molar-refractivity contribution in [1.82, 2.24) is 9.97 Å². The fourth-order valence-corrected chi connectivity index (χ4v) is 2.31. The van der Waals surface area contributed by atoms with Crippen LogP contribution in [0.25, 0.3) is 11.4 Å². The van der Waals surface area contributed by atoms with Crippen LogP contribution < -0.4 is 14.8 Å². The molecule has 0 spiro atoms. The van der Waals surface area contributed by atoms with Crippen molar-refractivity contribution in [2.45, 2.75) is 20.3 Å². The minimum Gasteiger partial charge on any atom is -0.454 e. The van der Waals surface area contributed by atoms with Crippen molar-refractivity contribution in [2.24, 2.45) is 5.92 Å². The number of ether oxygens (including phenoxy) is 2. The number of nitrogens with one attached hydrogen (secondary N) is 1. The van der Waals surface area contributed by atoms with Crippen molar-refractivity contribution in [2.75, 3.05) is 19.2 Å². The Hall–Kier alpha value is -2.30. The molecular weight excluding hydrogens is 266 g/mol. The molecule has 110 valence electrons. The second kappa shape index (κ2) is 5.60. The number of hydrogen-bond donors (Lipinski definition) is 1. The fourth-order valence-electron chi connectivity index (χ4n) is 2.31. The predicted molar refractivity (Wildman–Crippen MR) is 81.7 cm³/mol. The second-order valence-corrected chi connectivity index (χ2v) is 5.48. The summed E-state index contributed by atoms with van der Waals surface area (Å²) in [6.45, 7) is 4.64. The standard InChI is InChI=1S/C16H19N3O2/c1-10(2)6-12-8-15(17-3)19-16(18-12)11-4-5-13-14(7-11)21-9-20-13/h4-5,7-8,10H,6,9H2,1-3H3,(H,17,18,19). The van der Waals surface area contributed by atoms with Crippen LogP contribution in [0.5, 0.6) is 11.5 Å². The molecule has 0 saturated heterocycles. The smallest absolute Gasteiger partial charge is 0.231 e. The van der Waals surface area contributed by atoms with E-state index in [2.05, 4.69) is 29.1 Å². The summed E-state index contributed by atoms with van der Waals surface area (Å²) in [6.07, 6.45) is 0.925. The minimum absolute atomic E-state index is 0.273. The van der Waals surface area contributed by atoms with Gasteiger partial charge < -0.3 is 14.8 Å². The summed E-state index contributed by atoms with van der Waals surface area (Å²) in [5.41, 5.74) is 1.97. The lowest BCUT2D eigenvalue weighted by Crippen LogP contribution is -2.03. The van der Waals surface area contributed by atoms with Crippen molar-refractivity contribution >= 4 is 5.82 Å². The van der Waals surface area contributed by atoms with E-state index in [0.717, 1.165) is 35.0 Å². The molecule has 1 aliphatic heterocycles. The highest BCUT2D eigenvalue weighted by Gasteiger charge is 2.15. The monoisotopic (exact) mass is 285 g/mol. The van der Waals surface area contributed by atoms with Crippen molar-refractivity contribution in [3.05, 3.63) is 30.0 Å². The van der Waals surface area contributed by atoms with Gasteiger partial charge in [0.15, 0.2) is 17.3 Å². The summed E-state index contributed by atoms with van der Waals surface area (Å²) in [5.74, 6) is 3.60. The van der Waals surface area contributed by atoms with Crippen LogP contribution in [0, 0.1) is 5.92 Å². The molecule has 0 saturated carbocycles. The molecule has 0 fully saturated rings. The molecule has 0 radical (unpaired) electrons. The third kappa shape index (κ3) is 2.91. The summed E-state index contributed by atoms with van der Waals surface area (Å²) in [4.78, 5) is 9.21. The molecule has 3 rings (SSSR count). The van der Waals surface area contributed by atoms with E-state index in [4.69, 9.17) is 9.47 Å². The predicted octanol–water partition coefficient (Wildman–Crippen LogP) is 3.11. The van der Waals surface area contributed by atoms with Gasteiger partial charge in [0.05, 0.1) is 0 Å². The highest BCUT2D eigenvalue weighted by Crippen LogP contribution is 2.35. The maximum Gasteiger partial charge on any atom is 0.231 e. The first-order valence-corrected chi connectivity index (χ1v) is 7.11. The Bertz CT molecular complexity index is 656. The quantitative estimate of drug-likeness (QED) is 0.935. The summed E-state index contributed by atoms with van der Waals surface area (Å²) in [5, 5.41) is 3.10. The van der Waals surface area contributed by atoms with Crippen LogP contribution in [0.3, 0.4) is 0 Å². The van der Waals surface area contributed by atoms with Crippen LogP contribution in [0.4, 0.5) is 5.82 Å². The van der Waals surface area contributed by atoms with Crippen LogP contribution in [0.1, 0.15) is 19.5 Å². The zero-order valence-electron chi connectivity index (χ0n) is 12.5. The lowest BCUT2D eigenvalue weighted by atomic mass is 10.1. The Balaban J connectivity index is 2.00. The summed E-state index contributed by atoms with van der Waals surface area (Å²) in [6, 6.07) is 7.78. The molecule has 21 heavy (non-hydrogen) atoms. The molecule has 1 aromatic heterocycles. The zero-order chi connectivity index (χ0) is 14.8. The third-order valence-electron chi connectivity index (χ3n) is 3.28. The maximum absolute atomic E-state index is 5.42. The Labute approximate surface area is 124 Å². The van der Waals surface area contributed by atoms with Crippen LogP contribution >= 0.6 is 0 Å². The first kappa shape index (κ1) is 13.7. The van der Waals surface area contributed by atoms with Gasteiger partial charge in [0.2, 0.25) is 6.79 Å². The highest BCUT2D eigenvalue weighted by molar-refractivity contribution is 5.63. The van der Waals surface area contributed by atoms with E-state index in [1.165, 1.54) is 0 Å². The van der Waals surface area contributed by atoms with E-state index < -0.39 is 0 Å². The van der Waals surface area contributed by atoms with Gasteiger partial charge in [-0.3, -0.25) is 0 Å². The van der Waals surface area contributed by atoms with Crippen LogP contribution in [0.15, 0.2) is 24.3 Å². The van der Waals surface area contributed by atoms with Gasteiger partial charge >= 0.3 is 0 Å². The van der Waals surface area contributed by atoms with Gasteiger partial charge in [0.1, 0.15) is 5.82 Å². The van der Waals surface area contributed by atoms with Crippen LogP contribution in [-0.4, -0.2) is 23.8 Å². The molecule has 0 bridgehead atoms. The van der Waals surface area contributed by atoms with Crippen molar-refractivity contribution in [1.29, 1.82) is 0 Å². The van der Waals surface area contributed by atoms with Crippen LogP contribution in [-0.2, 0) is 6.42 Å². The molecule has 5 heteroatoms. The number of anilines is 1. The maximum atomic E-state index is 5.42. The van der Waals surface area contributed by atoms with Gasteiger partial charge in [-0.2, -0.15) is 0 Å². The number of fused-ring (bicyclic) bond motifs is 1. The fraction of sp³-hybridized carbons (Fsp3) is 0.375. The molecule has 1 aromatic carbocycles. The number of benzene rings is 1. The summed E-state index contributed by atoms with van der Waals surface area (Å²) >= 11 is 0. The molecule has 1 N–H and O–H groups in total. The molecule has 2 aromatic rings. The Morgan fingerprint density at radius 3 is 2.71 bits per heavy atom. The average Bonchev–Trinajstić information content (AvgIpc) is 2.93. The average molecular weight is 285 g/mol. The van der Waals surface area contributed by atoms with Gasteiger partial charge in [-0.1, -0.05) is 13.8 Å². The van der Waals surface area contributed by atoms with Gasteiger partial charge in [-0.25, -0.2) is 9.97 Å². The molecule has 0 unspecified atom stereocenters. The summed E-state index contributed by atoms with van der Waals surface area (Å²) < 4.78 is 10.8. The number of hydrogen-bond acceptors (Lipinski definition) is 5. The zero-order valence-corrected chi connectivity index (χ0v) is 12.5. The number of aromatic nitrogens is 2. The van der Waals surface area contributed by atoms with E-state index in [1.54, 1.807) is 0 Å². The van der Waals surface area contributed by atoms with E-state index >= 15 is 0 Å². The topological polar surface area (TPSA) is 56.3 Å². The third-order valence-corrected chi connectivity index (χ3v) is 3.28. The Kier molecular flexibility index (Phi) is 3.64. The van der Waals surface area contributed by atoms with Crippen molar-refractivity contribution in [3.8, 4) is 22.9 Å². The first-order chi connectivity index (χ1) is 10.2. The lowest BCUT2D eigenvalue weighted by Gasteiger charge is -2.10. The molecule has 0 aliphatic carbocycles. The van der Waals surface area contributed by atoms with E-state index in [9.17, 15) is 0 Å². The van der Waals surface area contributed by atoms with Gasteiger partial charge in [-0.05, 0) is 30.5 Å². The second-order valence-electron chi connectivity index (χ2n) is 5.48. The largest absolute Gasteiger partial charge is 0.454 e. The molecule has 5 nitrogen and oxygen atoms in total. The normalized spacial score (nSPS) is 12.8. The Morgan fingerprint density at radius 1 is 1.14 bits per heavy atom.